The van der Waals surface area contributed by atoms with Crippen LogP contribution in [0.5, 0.6) is 5.88 Å². The number of unbranched alkanes of at least 4 members (excludes halogenated alkanes) is 3. The number of likely N-dealkylation sites (N-methyl/N-ethyl adjacent to an activating group) is 1. The second kappa shape index (κ2) is 9.99. The lowest BCUT2D eigenvalue weighted by Gasteiger charge is -2.41. The summed E-state index contributed by atoms with van der Waals surface area (Å²) >= 11 is 1.18. The van der Waals surface area contributed by atoms with Gasteiger partial charge in [0.1, 0.15) is 12.2 Å². The van der Waals surface area contributed by atoms with Crippen molar-refractivity contribution in [2.75, 3.05) is 33.3 Å². The molecule has 2 N–H and O–H groups in total. The van der Waals surface area contributed by atoms with Crippen LogP contribution >= 0.6 is 11.7 Å². The maximum atomic E-state index is 11.6. The maximum Gasteiger partial charge on any atom is 0.324 e. The number of aromatic nitrogens is 2. The zero-order valence-corrected chi connectivity index (χ0v) is 16.9. The minimum absolute atomic E-state index is 0.0982. The Morgan fingerprint density at radius 2 is 2.19 bits per heavy atom. The number of rotatable bonds is 10. The molecule has 2 atom stereocenters. The van der Waals surface area contributed by atoms with Gasteiger partial charge in [-0.15, -0.1) is 4.37 Å². The minimum Gasteiger partial charge on any atom is -0.475 e. The fraction of sp³-hybridized carbons (Fsp3) is 0.722. The summed E-state index contributed by atoms with van der Waals surface area (Å²) in [6.45, 7) is 6.30. The summed E-state index contributed by atoms with van der Waals surface area (Å²) in [5.74, 6) is 0.247. The Labute approximate surface area is 160 Å². The third-order valence-electron chi connectivity index (χ3n) is 4.91. The number of ether oxygens (including phenoxy) is 2. The molecular weight excluding hydrogens is 352 g/mol. The molecule has 26 heavy (non-hydrogen) atoms. The van der Waals surface area contributed by atoms with Crippen LogP contribution in [0.15, 0.2) is 6.08 Å². The predicted octanol–water partition coefficient (Wildman–Crippen LogP) is 2.58. The van der Waals surface area contributed by atoms with Crippen LogP contribution in [0.3, 0.4) is 0 Å². The number of carbonyl (C=O) groups is 1. The van der Waals surface area contributed by atoms with Gasteiger partial charge in [-0.1, -0.05) is 32.3 Å². The summed E-state index contributed by atoms with van der Waals surface area (Å²) in [4.78, 5) is 11.6. The Bertz CT molecular complexity index is 619. The Morgan fingerprint density at radius 3 is 2.92 bits per heavy atom. The highest BCUT2D eigenvalue weighted by molar-refractivity contribution is 6.99. The highest BCUT2D eigenvalue weighted by atomic mass is 32.1. The van der Waals surface area contributed by atoms with Crippen LogP contribution in [-0.4, -0.2) is 58.7 Å². The van der Waals surface area contributed by atoms with Crippen molar-refractivity contribution in [2.24, 2.45) is 5.73 Å². The van der Waals surface area contributed by atoms with E-state index in [0.29, 0.717) is 17.0 Å². The van der Waals surface area contributed by atoms with Crippen molar-refractivity contribution >= 4 is 23.3 Å². The van der Waals surface area contributed by atoms with E-state index >= 15 is 0 Å². The van der Waals surface area contributed by atoms with Crippen molar-refractivity contribution in [2.45, 2.75) is 52.2 Å². The van der Waals surface area contributed by atoms with Crippen molar-refractivity contribution < 1.29 is 18.8 Å². The van der Waals surface area contributed by atoms with Gasteiger partial charge >= 0.3 is 5.97 Å². The van der Waals surface area contributed by atoms with Gasteiger partial charge in [0, 0.05) is 18.9 Å². The van der Waals surface area contributed by atoms with E-state index in [1.807, 2.05) is 6.92 Å². The number of quaternary nitrogens is 1. The topological polar surface area (TPSA) is 87.3 Å². The van der Waals surface area contributed by atoms with E-state index in [1.54, 1.807) is 0 Å². The van der Waals surface area contributed by atoms with Gasteiger partial charge in [0.2, 0.25) is 6.23 Å². The molecule has 0 aliphatic carbocycles. The molecule has 0 amide bonds. The molecule has 1 unspecified atom stereocenters. The number of carbonyl (C=O) groups excluding carboxylic acids is 1. The first-order valence-electron chi connectivity index (χ1n) is 9.38. The van der Waals surface area contributed by atoms with Gasteiger partial charge in [-0.25, -0.2) is 0 Å². The van der Waals surface area contributed by atoms with E-state index in [1.165, 1.54) is 31.0 Å². The van der Waals surface area contributed by atoms with E-state index in [-0.39, 0.29) is 18.7 Å². The lowest BCUT2D eigenvalue weighted by atomic mass is 10.0. The van der Waals surface area contributed by atoms with Crippen LogP contribution in [0.2, 0.25) is 0 Å². The molecular formula is C18H31N4O3S+. The summed E-state index contributed by atoms with van der Waals surface area (Å²) in [5.41, 5.74) is 7.30. The van der Waals surface area contributed by atoms with Crippen LogP contribution in [-0.2, 0) is 9.53 Å². The van der Waals surface area contributed by atoms with Crippen molar-refractivity contribution in [1.82, 2.24) is 8.75 Å². The quantitative estimate of drug-likeness (QED) is 0.380. The number of hydrogen-bond donors (Lipinski definition) is 1. The van der Waals surface area contributed by atoms with Crippen molar-refractivity contribution in [3.63, 3.8) is 0 Å². The van der Waals surface area contributed by atoms with Gasteiger partial charge in [-0.2, -0.15) is 4.37 Å². The van der Waals surface area contributed by atoms with Gasteiger partial charge in [-0.05, 0) is 6.42 Å². The zero-order chi connectivity index (χ0) is 19.0. The van der Waals surface area contributed by atoms with E-state index in [0.717, 1.165) is 37.2 Å². The van der Waals surface area contributed by atoms with E-state index in [9.17, 15) is 4.79 Å². The predicted molar refractivity (Wildman–Crippen MR) is 103 cm³/mol. The van der Waals surface area contributed by atoms with Crippen molar-refractivity contribution in [1.29, 1.82) is 0 Å². The first kappa shape index (κ1) is 20.8. The Kier molecular flexibility index (Phi) is 7.99. The minimum atomic E-state index is -0.376. The van der Waals surface area contributed by atoms with Gasteiger partial charge in [0.05, 0.1) is 38.5 Å². The molecule has 0 saturated heterocycles. The third-order valence-corrected chi connectivity index (χ3v) is 5.42. The van der Waals surface area contributed by atoms with Gasteiger partial charge in [0.15, 0.2) is 0 Å². The molecule has 0 fully saturated rings. The van der Waals surface area contributed by atoms with Crippen LogP contribution in [0.4, 0.5) is 0 Å². The zero-order valence-electron chi connectivity index (χ0n) is 16.1. The van der Waals surface area contributed by atoms with Gasteiger partial charge < -0.3 is 15.2 Å². The Balaban J connectivity index is 2.00. The Morgan fingerprint density at radius 1 is 1.38 bits per heavy atom. The van der Waals surface area contributed by atoms with E-state index in [4.69, 9.17) is 15.2 Å². The molecule has 1 aliphatic rings. The highest BCUT2D eigenvalue weighted by Gasteiger charge is 2.36. The number of esters is 1. The fourth-order valence-corrected chi connectivity index (χ4v) is 3.61. The summed E-state index contributed by atoms with van der Waals surface area (Å²) in [6.07, 6.45) is 7.46. The van der Waals surface area contributed by atoms with Crippen molar-refractivity contribution in [3.05, 3.63) is 11.8 Å². The molecule has 8 heteroatoms. The van der Waals surface area contributed by atoms with Crippen LogP contribution in [0.25, 0.3) is 5.57 Å². The normalized spacial score (nSPS) is 21.2. The smallest absolute Gasteiger partial charge is 0.324 e. The van der Waals surface area contributed by atoms with Gasteiger partial charge in [-0.3, -0.25) is 9.28 Å². The maximum absolute atomic E-state index is 11.6. The molecule has 1 aromatic heterocycles. The third kappa shape index (κ3) is 5.49. The highest BCUT2D eigenvalue weighted by Crippen LogP contribution is 2.31. The molecule has 2 heterocycles. The summed E-state index contributed by atoms with van der Waals surface area (Å²) < 4.78 is 20.7. The monoisotopic (exact) mass is 383 g/mol. The molecule has 2 rings (SSSR count). The molecule has 146 valence electrons. The standard InChI is InChI=1S/C18H31N4O3S/c1-4-5-6-7-11-24-18-17(20-26-21-18)15-9-8-10-22(3,13-15)14(2)25-16(23)12-19/h9,14H,4-8,10-13,19H2,1-3H3/q+1/t14-,22?/m0/s1. The molecule has 0 aromatic carbocycles. The van der Waals surface area contributed by atoms with Crippen molar-refractivity contribution in [3.8, 4) is 5.88 Å². The molecule has 1 aromatic rings. The second-order valence-corrected chi connectivity index (χ2v) is 7.53. The molecule has 0 bridgehead atoms. The summed E-state index contributed by atoms with van der Waals surface area (Å²) in [6, 6.07) is 0. The summed E-state index contributed by atoms with van der Waals surface area (Å²) in [5, 5.41) is 0. The first-order valence-corrected chi connectivity index (χ1v) is 10.1. The average molecular weight is 384 g/mol. The Hall–Kier alpha value is -1.51. The SMILES string of the molecule is CCCCCCOc1nsnc1C1=CCC[N+](C)([C@H](C)OC(=O)CN)C1. The lowest BCUT2D eigenvalue weighted by Crippen LogP contribution is -2.55. The average Bonchev–Trinajstić information content (AvgIpc) is 3.10. The number of hydrogen-bond acceptors (Lipinski definition) is 7. The van der Waals surface area contributed by atoms with E-state index in [2.05, 4.69) is 28.8 Å². The first-order chi connectivity index (χ1) is 12.5. The van der Waals surface area contributed by atoms with Crippen LogP contribution in [0.1, 0.15) is 51.6 Å². The molecule has 7 nitrogen and oxygen atoms in total. The van der Waals surface area contributed by atoms with Crippen LogP contribution in [0, 0.1) is 0 Å². The molecule has 0 spiro atoms. The number of nitrogens with zero attached hydrogens (tertiary/aromatic N) is 3. The fourth-order valence-electron chi connectivity index (χ4n) is 3.08. The largest absolute Gasteiger partial charge is 0.475 e. The van der Waals surface area contributed by atoms with E-state index < -0.39 is 0 Å². The lowest BCUT2D eigenvalue weighted by molar-refractivity contribution is -0.944. The number of nitrogens with two attached hydrogens (primary N) is 1. The summed E-state index contributed by atoms with van der Waals surface area (Å²) in [7, 11) is 2.09. The second-order valence-electron chi connectivity index (χ2n) is 7.00. The molecule has 0 radical (unpaired) electrons. The van der Waals surface area contributed by atoms with Gasteiger partial charge in [0.25, 0.3) is 5.88 Å². The molecule has 1 aliphatic heterocycles. The van der Waals surface area contributed by atoms with Crippen LogP contribution < -0.4 is 10.5 Å². The molecule has 0 saturated carbocycles.